The van der Waals surface area contributed by atoms with Crippen molar-refractivity contribution in [2.45, 2.75) is 43.0 Å². The molecule has 156 valence electrons. The summed E-state index contributed by atoms with van der Waals surface area (Å²) in [6.45, 7) is 0.333. The third kappa shape index (κ3) is 5.68. The summed E-state index contributed by atoms with van der Waals surface area (Å²) in [6.07, 6.45) is 3.35. The molecule has 7 nitrogen and oxygen atoms in total. The van der Waals surface area contributed by atoms with E-state index in [9.17, 15) is 21.6 Å². The summed E-state index contributed by atoms with van der Waals surface area (Å²) in [6, 6.07) is 5.73. The number of nitrogens with one attached hydrogen (secondary N) is 2. The van der Waals surface area contributed by atoms with Crippen LogP contribution in [0.4, 0.5) is 0 Å². The Hall–Kier alpha value is -1.16. The number of carbonyl (C=O) groups excluding carboxylic acids is 1. The standard InChI is InChI=1S/C18H25ClN2O5S2/c19-15-5-7-17(8-6-15)28(25,26)20-11-13-1-3-14(4-2-13)18(22)21-16-9-10-27(23,24)12-16/h5-8,13-14,16,20H,1-4,9-12H2,(H,21,22)/t13?,14?,16-/m1/s1. The average Bonchev–Trinajstić information content (AvgIpc) is 2.99. The molecule has 1 aromatic carbocycles. The first-order valence-electron chi connectivity index (χ1n) is 9.41. The van der Waals surface area contributed by atoms with Gasteiger partial charge in [0, 0.05) is 23.5 Å². The summed E-state index contributed by atoms with van der Waals surface area (Å²) < 4.78 is 50.3. The van der Waals surface area contributed by atoms with Gasteiger partial charge in [-0.15, -0.1) is 0 Å². The lowest BCUT2D eigenvalue weighted by Gasteiger charge is -2.28. The van der Waals surface area contributed by atoms with Crippen LogP contribution < -0.4 is 10.0 Å². The maximum Gasteiger partial charge on any atom is 0.240 e. The molecule has 0 spiro atoms. The normalized spacial score (nSPS) is 27.4. The second-order valence-corrected chi connectivity index (χ2v) is 12.1. The van der Waals surface area contributed by atoms with Gasteiger partial charge in [0.25, 0.3) is 0 Å². The van der Waals surface area contributed by atoms with Crippen molar-refractivity contribution in [3.63, 3.8) is 0 Å². The van der Waals surface area contributed by atoms with Crippen molar-refractivity contribution in [3.05, 3.63) is 29.3 Å². The Labute approximate surface area is 171 Å². The van der Waals surface area contributed by atoms with Crippen molar-refractivity contribution in [1.29, 1.82) is 0 Å². The van der Waals surface area contributed by atoms with E-state index in [4.69, 9.17) is 11.6 Å². The molecular weight excluding hydrogens is 424 g/mol. The van der Waals surface area contributed by atoms with Crippen LogP contribution in [-0.4, -0.2) is 46.8 Å². The molecule has 1 aliphatic heterocycles. The van der Waals surface area contributed by atoms with E-state index in [1.54, 1.807) is 0 Å². The van der Waals surface area contributed by atoms with Crippen LogP contribution in [0.3, 0.4) is 0 Å². The zero-order chi connectivity index (χ0) is 20.4. The highest BCUT2D eigenvalue weighted by atomic mass is 35.5. The summed E-state index contributed by atoms with van der Waals surface area (Å²) in [4.78, 5) is 12.6. The molecule has 2 N–H and O–H groups in total. The number of rotatable bonds is 6. The maximum absolute atomic E-state index is 12.4. The first kappa shape index (κ1) is 21.5. The summed E-state index contributed by atoms with van der Waals surface area (Å²) in [5.41, 5.74) is 0. The summed E-state index contributed by atoms with van der Waals surface area (Å²) in [5.74, 6) is 0.131. The van der Waals surface area contributed by atoms with E-state index in [1.807, 2.05) is 0 Å². The van der Waals surface area contributed by atoms with Crippen molar-refractivity contribution < 1.29 is 21.6 Å². The number of halogens is 1. The molecule has 0 unspecified atom stereocenters. The molecule has 1 aromatic rings. The first-order chi connectivity index (χ1) is 13.1. The lowest BCUT2D eigenvalue weighted by molar-refractivity contribution is -0.126. The van der Waals surface area contributed by atoms with Crippen molar-refractivity contribution in [2.75, 3.05) is 18.1 Å². The molecule has 2 fully saturated rings. The van der Waals surface area contributed by atoms with Crippen molar-refractivity contribution >= 4 is 37.4 Å². The monoisotopic (exact) mass is 448 g/mol. The smallest absolute Gasteiger partial charge is 0.240 e. The topological polar surface area (TPSA) is 109 Å². The summed E-state index contributed by atoms with van der Waals surface area (Å²) in [5, 5.41) is 3.34. The second-order valence-electron chi connectivity index (χ2n) is 7.63. The Bertz CT molecular complexity index is 908. The number of hydrogen-bond acceptors (Lipinski definition) is 5. The van der Waals surface area contributed by atoms with Gasteiger partial charge >= 0.3 is 0 Å². The van der Waals surface area contributed by atoms with Gasteiger partial charge in [0.2, 0.25) is 15.9 Å². The van der Waals surface area contributed by atoms with E-state index in [-0.39, 0.29) is 40.2 Å². The third-order valence-electron chi connectivity index (χ3n) is 5.48. The van der Waals surface area contributed by atoms with Gasteiger partial charge in [-0.25, -0.2) is 21.6 Å². The molecule has 0 aromatic heterocycles. The number of carbonyl (C=O) groups is 1. The molecule has 1 saturated carbocycles. The molecule has 1 aliphatic carbocycles. The lowest BCUT2D eigenvalue weighted by atomic mass is 9.81. The molecule has 10 heteroatoms. The summed E-state index contributed by atoms with van der Waals surface area (Å²) in [7, 11) is -6.59. The predicted octanol–water partition coefficient (Wildman–Crippen LogP) is 1.73. The molecule has 0 radical (unpaired) electrons. The fourth-order valence-corrected chi connectivity index (χ4v) is 6.70. The van der Waals surface area contributed by atoms with Gasteiger partial charge in [-0.3, -0.25) is 4.79 Å². The fraction of sp³-hybridized carbons (Fsp3) is 0.611. The molecule has 1 heterocycles. The van der Waals surface area contributed by atoms with Crippen LogP contribution in [0, 0.1) is 11.8 Å². The van der Waals surface area contributed by atoms with Crippen LogP contribution in [0.5, 0.6) is 0 Å². The fourth-order valence-electron chi connectivity index (χ4n) is 3.78. The van der Waals surface area contributed by atoms with Crippen molar-refractivity contribution in [1.82, 2.24) is 10.0 Å². The second kappa shape index (κ2) is 8.69. The highest BCUT2D eigenvalue weighted by molar-refractivity contribution is 7.91. The van der Waals surface area contributed by atoms with Gasteiger partial charge in [-0.05, 0) is 62.3 Å². The minimum absolute atomic E-state index is 0.0283. The minimum Gasteiger partial charge on any atom is -0.352 e. The Morgan fingerprint density at radius 2 is 1.71 bits per heavy atom. The predicted molar refractivity (Wildman–Crippen MR) is 107 cm³/mol. The zero-order valence-corrected chi connectivity index (χ0v) is 17.8. The van der Waals surface area contributed by atoms with E-state index in [1.165, 1.54) is 24.3 Å². The average molecular weight is 449 g/mol. The van der Waals surface area contributed by atoms with E-state index in [0.717, 1.165) is 12.8 Å². The van der Waals surface area contributed by atoms with Gasteiger partial charge < -0.3 is 5.32 Å². The Morgan fingerprint density at radius 3 is 2.29 bits per heavy atom. The van der Waals surface area contributed by atoms with E-state index in [0.29, 0.717) is 30.8 Å². The van der Waals surface area contributed by atoms with Crippen LogP contribution in [-0.2, 0) is 24.7 Å². The molecule has 3 rings (SSSR count). The molecule has 1 amide bonds. The van der Waals surface area contributed by atoms with Gasteiger partial charge in [0.15, 0.2) is 9.84 Å². The van der Waals surface area contributed by atoms with Gasteiger partial charge in [0.1, 0.15) is 0 Å². The van der Waals surface area contributed by atoms with E-state index in [2.05, 4.69) is 10.0 Å². The van der Waals surface area contributed by atoms with Crippen LogP contribution in [0.2, 0.25) is 5.02 Å². The zero-order valence-electron chi connectivity index (χ0n) is 15.4. The van der Waals surface area contributed by atoms with Crippen LogP contribution in [0.25, 0.3) is 0 Å². The molecule has 0 bridgehead atoms. The maximum atomic E-state index is 12.4. The Balaban J connectivity index is 1.44. The van der Waals surface area contributed by atoms with Crippen LogP contribution >= 0.6 is 11.6 Å². The molecule has 1 atom stereocenters. The number of amides is 1. The van der Waals surface area contributed by atoms with Gasteiger partial charge in [-0.1, -0.05) is 11.6 Å². The molecular formula is C18H25ClN2O5S2. The Kier molecular flexibility index (Phi) is 6.69. The highest BCUT2D eigenvalue weighted by Gasteiger charge is 2.32. The van der Waals surface area contributed by atoms with E-state index < -0.39 is 19.9 Å². The quantitative estimate of drug-likeness (QED) is 0.688. The third-order valence-corrected chi connectivity index (χ3v) is 8.94. The van der Waals surface area contributed by atoms with E-state index >= 15 is 0 Å². The lowest BCUT2D eigenvalue weighted by Crippen LogP contribution is -2.41. The number of sulfonamides is 1. The SMILES string of the molecule is O=C(N[C@@H]1CCS(=O)(=O)C1)C1CCC(CNS(=O)(=O)c2ccc(Cl)cc2)CC1. The van der Waals surface area contributed by atoms with Gasteiger partial charge in [-0.2, -0.15) is 0 Å². The van der Waals surface area contributed by atoms with Crippen LogP contribution in [0.1, 0.15) is 32.1 Å². The molecule has 2 aliphatic rings. The molecule has 1 saturated heterocycles. The summed E-state index contributed by atoms with van der Waals surface area (Å²) >= 11 is 5.79. The minimum atomic E-state index is -3.58. The number of benzene rings is 1. The highest BCUT2D eigenvalue weighted by Crippen LogP contribution is 2.29. The number of sulfone groups is 1. The first-order valence-corrected chi connectivity index (χ1v) is 13.1. The molecule has 28 heavy (non-hydrogen) atoms. The van der Waals surface area contributed by atoms with Crippen molar-refractivity contribution in [2.24, 2.45) is 11.8 Å². The largest absolute Gasteiger partial charge is 0.352 e. The van der Waals surface area contributed by atoms with Gasteiger partial charge in [0.05, 0.1) is 16.4 Å². The Morgan fingerprint density at radius 1 is 1.07 bits per heavy atom. The van der Waals surface area contributed by atoms with Crippen LogP contribution in [0.15, 0.2) is 29.2 Å². The number of hydrogen-bond donors (Lipinski definition) is 2. The van der Waals surface area contributed by atoms with Crippen molar-refractivity contribution in [3.8, 4) is 0 Å².